The minimum Gasteiger partial charge on any atom is -0.507 e. The van der Waals surface area contributed by atoms with E-state index < -0.39 is 23.4 Å². The Balaban J connectivity index is 0.000000177. The number of nitrogens with zero attached hydrogens (tertiary/aromatic N) is 2. The number of hydrogen-bond donors (Lipinski definition) is 3. The minimum atomic E-state index is -0.623. The van der Waals surface area contributed by atoms with Crippen LogP contribution in [0.1, 0.15) is 37.7 Å². The number of amides is 2. The number of hydrogen-bond acceptors (Lipinski definition) is 4. The third kappa shape index (κ3) is 7.28. The normalized spacial score (nSPS) is 10.9. The van der Waals surface area contributed by atoms with E-state index in [9.17, 15) is 23.5 Å². The van der Waals surface area contributed by atoms with Crippen LogP contribution in [0.5, 0.6) is 11.5 Å². The zero-order valence-corrected chi connectivity index (χ0v) is 26.2. The molecular formula is C39H32F2N4O4. The number of halogens is 2. The monoisotopic (exact) mass is 658 g/mol. The van der Waals surface area contributed by atoms with Gasteiger partial charge in [0.1, 0.15) is 41.1 Å². The fourth-order valence-electron chi connectivity index (χ4n) is 5.73. The maximum atomic E-state index is 14.3. The van der Waals surface area contributed by atoms with Crippen molar-refractivity contribution in [3.63, 3.8) is 0 Å². The lowest BCUT2D eigenvalue weighted by atomic mass is 10.2. The number of nitrogens with two attached hydrogens (primary N) is 2. The summed E-state index contributed by atoms with van der Waals surface area (Å²) in [6.45, 7) is 1.07. The highest BCUT2D eigenvalue weighted by Gasteiger charge is 2.19. The molecule has 0 spiro atoms. The number of aromatic nitrogens is 2. The third-order valence-electron chi connectivity index (χ3n) is 8.02. The summed E-state index contributed by atoms with van der Waals surface area (Å²) in [6.07, 6.45) is 0. The highest BCUT2D eigenvalue weighted by atomic mass is 19.1. The molecule has 0 aliphatic heterocycles. The molecule has 0 atom stereocenters. The Morgan fingerprint density at radius 2 is 1.02 bits per heavy atom. The first-order chi connectivity index (χ1) is 23.7. The number of carbonyl (C=O) groups excluding carboxylic acids is 2. The Hall–Kier alpha value is -6.42. The van der Waals surface area contributed by atoms with Crippen LogP contribution in [0.4, 0.5) is 8.78 Å². The molecule has 2 amide bonds. The molecule has 0 aliphatic carbocycles. The van der Waals surface area contributed by atoms with Gasteiger partial charge in [-0.05, 0) is 41.0 Å². The van der Waals surface area contributed by atoms with E-state index in [4.69, 9.17) is 16.2 Å². The quantitative estimate of drug-likeness (QED) is 0.152. The van der Waals surface area contributed by atoms with Crippen molar-refractivity contribution in [1.29, 1.82) is 0 Å². The summed E-state index contributed by atoms with van der Waals surface area (Å²) in [5.41, 5.74) is 15.4. The molecule has 0 saturated carbocycles. The molecule has 2 aromatic heterocycles. The number of aromatic hydroxyl groups is 1. The molecule has 7 rings (SSSR count). The molecule has 8 nitrogen and oxygen atoms in total. The molecule has 7 aromatic rings. The van der Waals surface area contributed by atoms with Crippen molar-refractivity contribution in [2.75, 3.05) is 0 Å². The van der Waals surface area contributed by atoms with Gasteiger partial charge in [-0.2, -0.15) is 0 Å². The lowest BCUT2D eigenvalue weighted by molar-refractivity contribution is 0.0984. The second-order valence-electron chi connectivity index (χ2n) is 11.4. The summed E-state index contributed by atoms with van der Waals surface area (Å²) in [5, 5.41) is 10.9. The Morgan fingerprint density at radius 1 is 0.592 bits per heavy atom. The first-order valence-corrected chi connectivity index (χ1v) is 15.4. The molecular weight excluding hydrogens is 626 g/mol. The molecule has 5 N–H and O–H groups in total. The Bertz CT molecular complexity index is 2270. The summed E-state index contributed by atoms with van der Waals surface area (Å²) < 4.78 is 37.1. The molecule has 0 aliphatic rings. The van der Waals surface area contributed by atoms with E-state index in [1.807, 2.05) is 91.0 Å². The van der Waals surface area contributed by atoms with E-state index in [0.717, 1.165) is 22.8 Å². The van der Waals surface area contributed by atoms with Crippen LogP contribution in [-0.4, -0.2) is 26.1 Å². The van der Waals surface area contributed by atoms with Crippen molar-refractivity contribution in [3.8, 4) is 11.5 Å². The number of carbonyl (C=O) groups is 2. The second kappa shape index (κ2) is 14.1. The first kappa shape index (κ1) is 32.5. The molecule has 0 radical (unpaired) electrons. The SMILES string of the molecule is NC(=O)c1cc2c(O)cc(F)cc2n1Cc1ccccc1.NC(=O)c1cc2c(OCc3ccccc3)cc(F)cc2n1Cc1ccccc1. The van der Waals surface area contributed by atoms with E-state index in [-0.39, 0.29) is 11.4 Å². The Labute approximate surface area is 280 Å². The van der Waals surface area contributed by atoms with E-state index in [2.05, 4.69) is 0 Å². The van der Waals surface area contributed by atoms with Gasteiger partial charge < -0.3 is 30.4 Å². The smallest absolute Gasteiger partial charge is 0.265 e. The van der Waals surface area contributed by atoms with E-state index >= 15 is 0 Å². The predicted octanol–water partition coefficient (Wildman–Crippen LogP) is 7.14. The zero-order valence-electron chi connectivity index (χ0n) is 26.2. The minimum absolute atomic E-state index is 0.209. The maximum absolute atomic E-state index is 14.3. The van der Waals surface area contributed by atoms with E-state index in [1.165, 1.54) is 24.3 Å². The van der Waals surface area contributed by atoms with Crippen molar-refractivity contribution < 1.29 is 28.2 Å². The molecule has 10 heteroatoms. The number of fused-ring (bicyclic) bond motifs is 2. The van der Waals surface area contributed by atoms with Crippen molar-refractivity contribution >= 4 is 33.6 Å². The summed E-state index contributed by atoms with van der Waals surface area (Å²) in [6, 6.07) is 36.9. The Kier molecular flexibility index (Phi) is 9.39. The van der Waals surface area contributed by atoms with Crippen LogP contribution >= 0.6 is 0 Å². The van der Waals surface area contributed by atoms with Crippen molar-refractivity contribution in [2.45, 2.75) is 19.7 Å². The van der Waals surface area contributed by atoms with Gasteiger partial charge in [-0.25, -0.2) is 8.78 Å². The van der Waals surface area contributed by atoms with Crippen LogP contribution in [0.25, 0.3) is 21.8 Å². The molecule has 49 heavy (non-hydrogen) atoms. The van der Waals surface area contributed by atoms with Crippen LogP contribution in [0.2, 0.25) is 0 Å². The molecule has 0 unspecified atom stereocenters. The largest absolute Gasteiger partial charge is 0.507 e. The van der Waals surface area contributed by atoms with Crippen LogP contribution in [-0.2, 0) is 19.7 Å². The number of benzene rings is 5. The van der Waals surface area contributed by atoms with Gasteiger partial charge in [0.05, 0.1) is 11.0 Å². The first-order valence-electron chi connectivity index (χ1n) is 15.4. The lowest BCUT2D eigenvalue weighted by Crippen LogP contribution is -2.17. The fraction of sp³-hybridized carbons (Fsp3) is 0.0769. The van der Waals surface area contributed by atoms with Gasteiger partial charge in [0.25, 0.3) is 11.8 Å². The zero-order chi connectivity index (χ0) is 34.5. The lowest BCUT2D eigenvalue weighted by Gasteiger charge is -2.11. The summed E-state index contributed by atoms with van der Waals surface area (Å²) in [7, 11) is 0. The maximum Gasteiger partial charge on any atom is 0.265 e. The number of phenolic OH excluding ortho intramolecular Hbond substituents is 1. The summed E-state index contributed by atoms with van der Waals surface area (Å²) in [5.74, 6) is -2.02. The van der Waals surface area contributed by atoms with Crippen molar-refractivity contribution in [1.82, 2.24) is 9.13 Å². The number of ether oxygens (including phenoxy) is 1. The topological polar surface area (TPSA) is 126 Å². The van der Waals surface area contributed by atoms with Crippen LogP contribution in [0, 0.1) is 11.6 Å². The van der Waals surface area contributed by atoms with Gasteiger partial charge in [-0.1, -0.05) is 91.0 Å². The average molecular weight is 659 g/mol. The fourth-order valence-corrected chi connectivity index (χ4v) is 5.73. The highest BCUT2D eigenvalue weighted by molar-refractivity contribution is 6.00. The van der Waals surface area contributed by atoms with Gasteiger partial charge in [-0.3, -0.25) is 9.59 Å². The molecule has 0 bridgehead atoms. The van der Waals surface area contributed by atoms with Crippen LogP contribution in [0.15, 0.2) is 127 Å². The highest BCUT2D eigenvalue weighted by Crippen LogP contribution is 2.32. The van der Waals surface area contributed by atoms with Gasteiger partial charge in [0, 0.05) is 36.0 Å². The second-order valence-corrected chi connectivity index (χ2v) is 11.4. The van der Waals surface area contributed by atoms with Crippen LogP contribution < -0.4 is 16.2 Å². The Morgan fingerprint density at radius 3 is 1.51 bits per heavy atom. The number of primary amides is 2. The number of rotatable bonds is 9. The summed E-state index contributed by atoms with van der Waals surface area (Å²) >= 11 is 0. The van der Waals surface area contributed by atoms with Gasteiger partial charge >= 0.3 is 0 Å². The van der Waals surface area contributed by atoms with E-state index in [1.54, 1.807) is 15.2 Å². The van der Waals surface area contributed by atoms with E-state index in [0.29, 0.717) is 52.9 Å². The average Bonchev–Trinajstić information content (AvgIpc) is 3.64. The molecule has 0 saturated heterocycles. The number of phenols is 1. The molecule has 2 heterocycles. The van der Waals surface area contributed by atoms with Gasteiger partial charge in [-0.15, -0.1) is 0 Å². The molecule has 5 aromatic carbocycles. The predicted molar refractivity (Wildman–Crippen MR) is 184 cm³/mol. The molecule has 246 valence electrons. The van der Waals surface area contributed by atoms with Gasteiger partial charge in [0.15, 0.2) is 0 Å². The third-order valence-corrected chi connectivity index (χ3v) is 8.02. The standard InChI is InChI=1S/C23H19FN2O2.C16H13FN2O2/c24-18-11-20-19(22(12-18)28-15-17-9-5-2-6-10-17)13-21(23(25)27)26(20)14-16-7-3-1-4-8-16;17-11-6-13-12(15(20)7-11)8-14(16(18)21)19(13)9-10-4-2-1-3-5-10/h1-13H,14-15H2,(H2,25,27);1-8,20H,9H2,(H2,18,21). The van der Waals surface area contributed by atoms with Gasteiger partial charge in [0.2, 0.25) is 0 Å². The van der Waals surface area contributed by atoms with Crippen molar-refractivity contribution in [3.05, 3.63) is 167 Å². The van der Waals surface area contributed by atoms with Crippen molar-refractivity contribution in [2.24, 2.45) is 11.5 Å². The molecule has 0 fully saturated rings. The summed E-state index contributed by atoms with van der Waals surface area (Å²) in [4.78, 5) is 23.6. The van der Waals surface area contributed by atoms with Crippen LogP contribution in [0.3, 0.4) is 0 Å².